The Balaban J connectivity index is 3.95. The van der Waals surface area contributed by atoms with Gasteiger partial charge in [-0.3, -0.25) is 0 Å². The van der Waals surface area contributed by atoms with E-state index in [0.29, 0.717) is 0 Å². The van der Waals surface area contributed by atoms with Crippen molar-refractivity contribution in [3.05, 3.63) is 11.6 Å². The smallest absolute Gasteiger partial charge is 0.212 e. The van der Waals surface area contributed by atoms with E-state index in [1.807, 2.05) is 13.8 Å². The SMILES string of the molecule is CC(C)=CCS(N)(=O)=O. The molecule has 0 heterocycles. The number of sulfonamides is 1. The van der Waals surface area contributed by atoms with E-state index in [1.165, 1.54) is 0 Å². The zero-order valence-corrected chi connectivity index (χ0v) is 6.40. The van der Waals surface area contributed by atoms with Gasteiger partial charge in [0.2, 0.25) is 10.0 Å². The summed E-state index contributed by atoms with van der Waals surface area (Å²) in [5.41, 5.74) is 0.962. The van der Waals surface area contributed by atoms with Gasteiger partial charge < -0.3 is 0 Å². The number of primary sulfonamides is 1. The Morgan fingerprint density at radius 1 is 1.56 bits per heavy atom. The van der Waals surface area contributed by atoms with Crippen LogP contribution in [0.15, 0.2) is 11.6 Å². The molecule has 2 N–H and O–H groups in total. The molecule has 0 aromatic carbocycles. The highest BCUT2D eigenvalue weighted by atomic mass is 32.2. The molecule has 0 aromatic heterocycles. The van der Waals surface area contributed by atoms with E-state index in [4.69, 9.17) is 5.14 Å². The van der Waals surface area contributed by atoms with Gasteiger partial charge in [0.1, 0.15) is 0 Å². The Morgan fingerprint density at radius 3 is 2.11 bits per heavy atom. The molecule has 0 radical (unpaired) electrons. The minimum Gasteiger partial charge on any atom is -0.228 e. The Morgan fingerprint density at radius 2 is 2.00 bits per heavy atom. The predicted molar refractivity (Wildman–Crippen MR) is 37.4 cm³/mol. The number of hydrogen-bond donors (Lipinski definition) is 1. The molecule has 0 saturated heterocycles. The summed E-state index contributed by atoms with van der Waals surface area (Å²) < 4.78 is 20.5. The van der Waals surface area contributed by atoms with E-state index >= 15 is 0 Å². The summed E-state index contributed by atoms with van der Waals surface area (Å²) in [6.07, 6.45) is 1.58. The monoisotopic (exact) mass is 149 g/mol. The zero-order valence-electron chi connectivity index (χ0n) is 5.59. The zero-order chi connectivity index (χ0) is 7.49. The fourth-order valence-electron chi connectivity index (χ4n) is 0.283. The van der Waals surface area contributed by atoms with E-state index < -0.39 is 10.0 Å². The molecule has 0 unspecified atom stereocenters. The average molecular weight is 149 g/mol. The summed E-state index contributed by atoms with van der Waals surface area (Å²) in [7, 11) is -3.30. The lowest BCUT2D eigenvalue weighted by Gasteiger charge is -1.89. The molecule has 0 aliphatic carbocycles. The normalized spacial score (nSPS) is 11.0. The third kappa shape index (κ3) is 7.65. The topological polar surface area (TPSA) is 60.2 Å². The van der Waals surface area contributed by atoms with Crippen molar-refractivity contribution in [3.8, 4) is 0 Å². The molecule has 0 aliphatic heterocycles. The first-order valence-corrected chi connectivity index (χ1v) is 4.27. The van der Waals surface area contributed by atoms with E-state index in [0.717, 1.165) is 5.57 Å². The van der Waals surface area contributed by atoms with Crippen LogP contribution in [-0.2, 0) is 10.0 Å². The van der Waals surface area contributed by atoms with Crippen molar-refractivity contribution in [1.82, 2.24) is 0 Å². The predicted octanol–water partition coefficient (Wildman–Crippen LogP) is 0.241. The summed E-state index contributed by atoms with van der Waals surface area (Å²) in [6, 6.07) is 0. The number of rotatable bonds is 2. The third-order valence-corrected chi connectivity index (χ3v) is 1.36. The van der Waals surface area contributed by atoms with Gasteiger partial charge in [0, 0.05) is 0 Å². The summed E-state index contributed by atoms with van der Waals surface area (Å²) in [5, 5.41) is 4.71. The largest absolute Gasteiger partial charge is 0.228 e. The van der Waals surface area contributed by atoms with Crippen molar-refractivity contribution in [2.24, 2.45) is 5.14 Å². The Labute approximate surface area is 55.6 Å². The fraction of sp³-hybridized carbons (Fsp3) is 0.600. The molecule has 54 valence electrons. The standard InChI is InChI=1S/C5H11NO2S/c1-5(2)3-4-9(6,7)8/h3H,4H2,1-2H3,(H2,6,7,8). The maximum absolute atomic E-state index is 10.3. The van der Waals surface area contributed by atoms with E-state index in [9.17, 15) is 8.42 Å². The van der Waals surface area contributed by atoms with Crippen LogP contribution in [0.4, 0.5) is 0 Å². The minimum atomic E-state index is -3.30. The van der Waals surface area contributed by atoms with E-state index in [-0.39, 0.29) is 5.75 Å². The molecule has 0 aliphatic rings. The molecular formula is C5H11NO2S. The molecule has 0 aromatic rings. The molecule has 0 spiro atoms. The van der Waals surface area contributed by atoms with Crippen LogP contribution in [0.5, 0.6) is 0 Å². The number of allylic oxidation sites excluding steroid dienone is 1. The van der Waals surface area contributed by atoms with Gasteiger partial charge in [0.05, 0.1) is 5.75 Å². The van der Waals surface area contributed by atoms with Crippen LogP contribution < -0.4 is 5.14 Å². The number of nitrogens with two attached hydrogens (primary N) is 1. The lowest BCUT2D eigenvalue weighted by molar-refractivity contribution is 0.600. The number of hydrogen-bond acceptors (Lipinski definition) is 2. The maximum Gasteiger partial charge on any atom is 0.212 e. The van der Waals surface area contributed by atoms with Gasteiger partial charge in [-0.25, -0.2) is 13.6 Å². The summed E-state index contributed by atoms with van der Waals surface area (Å²) in [4.78, 5) is 0. The molecular weight excluding hydrogens is 138 g/mol. The van der Waals surface area contributed by atoms with Gasteiger partial charge in [0.15, 0.2) is 0 Å². The van der Waals surface area contributed by atoms with Crippen molar-refractivity contribution in [2.45, 2.75) is 13.8 Å². The third-order valence-electron chi connectivity index (χ3n) is 0.724. The molecule has 0 fully saturated rings. The Kier molecular flexibility index (Phi) is 2.87. The molecule has 3 nitrogen and oxygen atoms in total. The lowest BCUT2D eigenvalue weighted by Crippen LogP contribution is -2.14. The van der Waals surface area contributed by atoms with Crippen molar-refractivity contribution in [1.29, 1.82) is 0 Å². The van der Waals surface area contributed by atoms with Crippen LogP contribution in [0, 0.1) is 0 Å². The Hall–Kier alpha value is -0.350. The van der Waals surface area contributed by atoms with Crippen LogP contribution in [0.3, 0.4) is 0 Å². The van der Waals surface area contributed by atoms with Crippen LogP contribution in [-0.4, -0.2) is 14.2 Å². The summed E-state index contributed by atoms with van der Waals surface area (Å²) >= 11 is 0. The average Bonchev–Trinajstić information content (AvgIpc) is 1.59. The van der Waals surface area contributed by atoms with Crippen LogP contribution >= 0.6 is 0 Å². The molecule has 0 rings (SSSR count). The molecule has 0 saturated carbocycles. The highest BCUT2D eigenvalue weighted by Crippen LogP contribution is 1.89. The first kappa shape index (κ1) is 8.65. The quantitative estimate of drug-likeness (QED) is 0.572. The second-order valence-corrected chi connectivity index (χ2v) is 3.77. The van der Waals surface area contributed by atoms with Gasteiger partial charge in [-0.15, -0.1) is 0 Å². The molecule has 4 heteroatoms. The summed E-state index contributed by atoms with van der Waals surface area (Å²) in [6.45, 7) is 3.65. The van der Waals surface area contributed by atoms with Gasteiger partial charge in [-0.05, 0) is 13.8 Å². The highest BCUT2D eigenvalue weighted by Gasteiger charge is 1.96. The minimum absolute atomic E-state index is 0.0602. The molecule has 0 atom stereocenters. The van der Waals surface area contributed by atoms with Gasteiger partial charge >= 0.3 is 0 Å². The molecule has 9 heavy (non-hydrogen) atoms. The second-order valence-electron chi connectivity index (χ2n) is 2.11. The van der Waals surface area contributed by atoms with E-state index in [2.05, 4.69) is 0 Å². The van der Waals surface area contributed by atoms with Crippen molar-refractivity contribution in [3.63, 3.8) is 0 Å². The van der Waals surface area contributed by atoms with E-state index in [1.54, 1.807) is 6.08 Å². The first-order chi connectivity index (χ1) is 3.92. The maximum atomic E-state index is 10.3. The molecule has 0 amide bonds. The van der Waals surface area contributed by atoms with Crippen LogP contribution in [0.1, 0.15) is 13.8 Å². The van der Waals surface area contributed by atoms with Crippen molar-refractivity contribution < 1.29 is 8.42 Å². The van der Waals surface area contributed by atoms with Crippen LogP contribution in [0.2, 0.25) is 0 Å². The van der Waals surface area contributed by atoms with Gasteiger partial charge in [-0.1, -0.05) is 11.6 Å². The van der Waals surface area contributed by atoms with Gasteiger partial charge in [0.25, 0.3) is 0 Å². The first-order valence-electron chi connectivity index (χ1n) is 2.55. The van der Waals surface area contributed by atoms with Crippen LogP contribution in [0.25, 0.3) is 0 Å². The lowest BCUT2D eigenvalue weighted by atomic mass is 10.3. The second kappa shape index (κ2) is 2.98. The summed E-state index contributed by atoms with van der Waals surface area (Å²) in [5.74, 6) is -0.0602. The van der Waals surface area contributed by atoms with Crippen molar-refractivity contribution >= 4 is 10.0 Å². The molecule has 0 bridgehead atoms. The Bertz CT molecular complexity index is 199. The highest BCUT2D eigenvalue weighted by molar-refractivity contribution is 7.89. The fourth-order valence-corrected chi connectivity index (χ4v) is 0.848. The van der Waals surface area contributed by atoms with Crippen molar-refractivity contribution in [2.75, 3.05) is 5.75 Å². The van der Waals surface area contributed by atoms with Gasteiger partial charge in [-0.2, -0.15) is 0 Å².